The van der Waals surface area contributed by atoms with Gasteiger partial charge in [0, 0.05) is 17.7 Å². The van der Waals surface area contributed by atoms with Crippen LogP contribution < -0.4 is 5.43 Å². The number of aromatic amines is 1. The summed E-state index contributed by atoms with van der Waals surface area (Å²) in [5.41, 5.74) is 5.36. The maximum atomic E-state index is 13.5. The molecule has 0 unspecified atom stereocenters. The first-order chi connectivity index (χ1) is 10.5. The van der Waals surface area contributed by atoms with Crippen LogP contribution >= 0.6 is 11.6 Å². The fraction of sp³-hybridized carbons (Fsp3) is 0.267. The molecular weight excluding hydrogens is 307 g/mol. The number of carbonyl (C=O) groups is 1. The third-order valence-corrected chi connectivity index (χ3v) is 3.59. The van der Waals surface area contributed by atoms with Crippen LogP contribution in [0.5, 0.6) is 0 Å². The van der Waals surface area contributed by atoms with Crippen molar-refractivity contribution in [2.75, 3.05) is 0 Å². The van der Waals surface area contributed by atoms with Gasteiger partial charge in [0.2, 0.25) is 5.91 Å². The van der Waals surface area contributed by atoms with Crippen LogP contribution in [-0.4, -0.2) is 22.3 Å². The van der Waals surface area contributed by atoms with E-state index in [-0.39, 0.29) is 22.9 Å². The van der Waals surface area contributed by atoms with E-state index in [4.69, 9.17) is 11.6 Å². The standard InChI is InChI=1S/C15H16ClFN4O/c1-9-11(10(2)20-19-9)6-7-15(22)21-18-8-12-13(16)4-3-5-14(12)17/h3-5,8H,6-7H2,1-2H3,(H,19,20)(H,21,22)/b18-8-. The van der Waals surface area contributed by atoms with Crippen molar-refractivity contribution in [3.05, 3.63) is 51.6 Å². The van der Waals surface area contributed by atoms with Crippen molar-refractivity contribution in [2.24, 2.45) is 5.10 Å². The molecule has 2 rings (SSSR count). The van der Waals surface area contributed by atoms with Crippen molar-refractivity contribution in [1.82, 2.24) is 15.6 Å². The molecule has 1 aromatic carbocycles. The van der Waals surface area contributed by atoms with Crippen LogP contribution in [0.2, 0.25) is 5.02 Å². The molecule has 1 heterocycles. The van der Waals surface area contributed by atoms with Gasteiger partial charge in [-0.05, 0) is 38.0 Å². The minimum absolute atomic E-state index is 0.144. The Morgan fingerprint density at radius 3 is 2.91 bits per heavy atom. The molecule has 0 saturated carbocycles. The van der Waals surface area contributed by atoms with Gasteiger partial charge < -0.3 is 0 Å². The molecule has 0 fully saturated rings. The van der Waals surface area contributed by atoms with Crippen molar-refractivity contribution in [3.8, 4) is 0 Å². The van der Waals surface area contributed by atoms with Gasteiger partial charge in [-0.25, -0.2) is 9.82 Å². The van der Waals surface area contributed by atoms with E-state index in [2.05, 4.69) is 20.7 Å². The summed E-state index contributed by atoms with van der Waals surface area (Å²) in [7, 11) is 0. The number of nitrogens with one attached hydrogen (secondary N) is 2. The maximum Gasteiger partial charge on any atom is 0.240 e. The van der Waals surface area contributed by atoms with E-state index in [0.29, 0.717) is 6.42 Å². The molecule has 1 amide bonds. The Hall–Kier alpha value is -2.21. The second kappa shape index (κ2) is 7.17. The molecule has 22 heavy (non-hydrogen) atoms. The van der Waals surface area contributed by atoms with Crippen molar-refractivity contribution >= 4 is 23.7 Å². The van der Waals surface area contributed by atoms with Gasteiger partial charge in [-0.1, -0.05) is 17.7 Å². The third-order valence-electron chi connectivity index (χ3n) is 3.27. The van der Waals surface area contributed by atoms with Crippen LogP contribution in [0.3, 0.4) is 0 Å². The Balaban J connectivity index is 1.89. The van der Waals surface area contributed by atoms with E-state index in [9.17, 15) is 9.18 Å². The Bertz CT molecular complexity index is 672. The number of hydrogen-bond donors (Lipinski definition) is 2. The summed E-state index contributed by atoms with van der Waals surface area (Å²) in [6.07, 6.45) is 2.03. The van der Waals surface area contributed by atoms with E-state index >= 15 is 0 Å². The van der Waals surface area contributed by atoms with Crippen molar-refractivity contribution < 1.29 is 9.18 Å². The summed E-state index contributed by atoms with van der Waals surface area (Å²) in [6, 6.07) is 4.33. The quantitative estimate of drug-likeness (QED) is 0.656. The molecule has 0 aliphatic carbocycles. The van der Waals surface area contributed by atoms with E-state index in [1.807, 2.05) is 13.8 Å². The lowest BCUT2D eigenvalue weighted by Gasteiger charge is -2.02. The summed E-state index contributed by atoms with van der Waals surface area (Å²) in [5, 5.41) is 10.9. The predicted molar refractivity (Wildman–Crippen MR) is 83.5 cm³/mol. The third kappa shape index (κ3) is 3.92. The van der Waals surface area contributed by atoms with Crippen LogP contribution in [0.25, 0.3) is 0 Å². The minimum atomic E-state index is -0.491. The highest BCUT2D eigenvalue weighted by molar-refractivity contribution is 6.33. The first-order valence-electron chi connectivity index (χ1n) is 6.75. The summed E-state index contributed by atoms with van der Waals surface area (Å²) in [6.45, 7) is 3.79. The molecule has 0 atom stereocenters. The zero-order valence-corrected chi connectivity index (χ0v) is 13.0. The highest BCUT2D eigenvalue weighted by atomic mass is 35.5. The van der Waals surface area contributed by atoms with Gasteiger partial charge in [-0.3, -0.25) is 9.89 Å². The number of hydrazone groups is 1. The number of hydrogen-bond acceptors (Lipinski definition) is 3. The number of amides is 1. The minimum Gasteiger partial charge on any atom is -0.282 e. The first kappa shape index (κ1) is 16.2. The second-order valence-electron chi connectivity index (χ2n) is 4.84. The lowest BCUT2D eigenvalue weighted by Crippen LogP contribution is -2.18. The number of benzene rings is 1. The molecule has 116 valence electrons. The van der Waals surface area contributed by atoms with Crippen LogP contribution in [0, 0.1) is 19.7 Å². The van der Waals surface area contributed by atoms with Gasteiger partial charge in [0.05, 0.1) is 16.9 Å². The average Bonchev–Trinajstić information content (AvgIpc) is 2.79. The molecule has 0 aliphatic heterocycles. The molecule has 7 heteroatoms. The lowest BCUT2D eigenvalue weighted by molar-refractivity contribution is -0.121. The van der Waals surface area contributed by atoms with Gasteiger partial charge in [0.1, 0.15) is 5.82 Å². The fourth-order valence-electron chi connectivity index (χ4n) is 2.04. The fourth-order valence-corrected chi connectivity index (χ4v) is 2.25. The van der Waals surface area contributed by atoms with Gasteiger partial charge >= 0.3 is 0 Å². The zero-order valence-electron chi connectivity index (χ0n) is 12.3. The molecule has 0 saturated heterocycles. The van der Waals surface area contributed by atoms with Crippen LogP contribution in [-0.2, 0) is 11.2 Å². The lowest BCUT2D eigenvalue weighted by atomic mass is 10.1. The van der Waals surface area contributed by atoms with Crippen molar-refractivity contribution in [3.63, 3.8) is 0 Å². The smallest absolute Gasteiger partial charge is 0.240 e. The topological polar surface area (TPSA) is 70.1 Å². The van der Waals surface area contributed by atoms with E-state index < -0.39 is 5.82 Å². The molecule has 2 aromatic rings. The van der Waals surface area contributed by atoms with Crippen molar-refractivity contribution in [2.45, 2.75) is 26.7 Å². The van der Waals surface area contributed by atoms with E-state index in [0.717, 1.165) is 17.0 Å². The number of carbonyl (C=O) groups excluding carboxylic acids is 1. The van der Waals surface area contributed by atoms with Crippen LogP contribution in [0.1, 0.15) is 28.9 Å². The van der Waals surface area contributed by atoms with Gasteiger partial charge in [0.25, 0.3) is 0 Å². The highest BCUT2D eigenvalue weighted by Crippen LogP contribution is 2.16. The summed E-state index contributed by atoms with van der Waals surface area (Å²) < 4.78 is 13.5. The van der Waals surface area contributed by atoms with Gasteiger partial charge in [0.15, 0.2) is 0 Å². The second-order valence-corrected chi connectivity index (χ2v) is 5.25. The Labute approximate surface area is 132 Å². The molecule has 0 radical (unpaired) electrons. The SMILES string of the molecule is Cc1n[nH]c(C)c1CCC(=O)N/N=C\c1c(F)cccc1Cl. The summed E-state index contributed by atoms with van der Waals surface area (Å²) in [4.78, 5) is 11.7. The van der Waals surface area contributed by atoms with Crippen LogP contribution in [0.15, 0.2) is 23.3 Å². The number of aromatic nitrogens is 2. The van der Waals surface area contributed by atoms with Gasteiger partial charge in [-0.2, -0.15) is 10.2 Å². The molecule has 0 spiro atoms. The molecule has 0 bridgehead atoms. The largest absolute Gasteiger partial charge is 0.282 e. The number of H-pyrrole nitrogens is 1. The molecule has 5 nitrogen and oxygen atoms in total. The molecule has 2 N–H and O–H groups in total. The first-order valence-corrected chi connectivity index (χ1v) is 7.13. The maximum absolute atomic E-state index is 13.5. The number of rotatable bonds is 5. The molecule has 1 aromatic heterocycles. The monoisotopic (exact) mass is 322 g/mol. The highest BCUT2D eigenvalue weighted by Gasteiger charge is 2.09. The number of aryl methyl sites for hydroxylation is 2. The zero-order chi connectivity index (χ0) is 16.1. The molecular formula is C15H16ClFN4O. The number of nitrogens with zero attached hydrogens (tertiary/aromatic N) is 2. The summed E-state index contributed by atoms with van der Waals surface area (Å²) >= 11 is 5.85. The van der Waals surface area contributed by atoms with Crippen molar-refractivity contribution in [1.29, 1.82) is 0 Å². The molecule has 0 aliphatic rings. The predicted octanol–water partition coefficient (Wildman–Crippen LogP) is 2.90. The Kier molecular flexibility index (Phi) is 5.27. The normalized spacial score (nSPS) is 11.1. The van der Waals surface area contributed by atoms with E-state index in [1.54, 1.807) is 6.07 Å². The average molecular weight is 323 g/mol. The Morgan fingerprint density at radius 2 is 2.27 bits per heavy atom. The number of halogens is 2. The van der Waals surface area contributed by atoms with Crippen LogP contribution in [0.4, 0.5) is 4.39 Å². The Morgan fingerprint density at radius 1 is 1.50 bits per heavy atom. The van der Waals surface area contributed by atoms with Gasteiger partial charge in [-0.15, -0.1) is 0 Å². The summed E-state index contributed by atoms with van der Waals surface area (Å²) in [5.74, 6) is -0.751. The van der Waals surface area contributed by atoms with E-state index in [1.165, 1.54) is 18.3 Å².